The highest BCUT2D eigenvalue weighted by Gasteiger charge is 2.25. The Morgan fingerprint density at radius 1 is 1.40 bits per heavy atom. The van der Waals surface area contributed by atoms with Gasteiger partial charge in [0.25, 0.3) is 0 Å². The summed E-state index contributed by atoms with van der Waals surface area (Å²) in [5.41, 5.74) is 0.107. The summed E-state index contributed by atoms with van der Waals surface area (Å²) in [4.78, 5) is -0.0277. The number of aryl methyl sites for hydroxylation is 1. The van der Waals surface area contributed by atoms with E-state index in [1.54, 1.807) is 19.2 Å². The summed E-state index contributed by atoms with van der Waals surface area (Å²) in [5.74, 6) is 0.408. The highest BCUT2D eigenvalue weighted by atomic mass is 32.2. The van der Waals surface area contributed by atoms with Crippen LogP contribution in [0.15, 0.2) is 29.2 Å². The smallest absolute Gasteiger partial charge is 0.231 e. The molecular weight excluding hydrogens is 280 g/mol. The normalized spacial score (nSPS) is 11.5. The summed E-state index contributed by atoms with van der Waals surface area (Å²) in [5, 5.41) is 19.8. The van der Waals surface area contributed by atoms with Crippen molar-refractivity contribution < 1.29 is 8.42 Å². The first-order valence-electron chi connectivity index (χ1n) is 5.63. The van der Waals surface area contributed by atoms with Crippen molar-refractivity contribution >= 4 is 10.0 Å². The molecule has 1 aromatic carbocycles. The predicted octanol–water partition coefficient (Wildman–Crippen LogP) is -0.0975. The number of nitriles is 1. The number of rotatable bonds is 4. The maximum Gasteiger partial charge on any atom is 0.244 e. The van der Waals surface area contributed by atoms with Crippen molar-refractivity contribution in [2.24, 2.45) is 7.05 Å². The lowest BCUT2D eigenvalue weighted by Gasteiger charge is -2.16. The van der Waals surface area contributed by atoms with Crippen LogP contribution in [-0.2, 0) is 23.6 Å². The Bertz CT molecular complexity index is 761. The second kappa shape index (κ2) is 5.36. The third-order valence-corrected chi connectivity index (χ3v) is 4.63. The van der Waals surface area contributed by atoms with Crippen molar-refractivity contribution in [2.45, 2.75) is 11.4 Å². The lowest BCUT2D eigenvalue weighted by atomic mass is 10.2. The van der Waals surface area contributed by atoms with Gasteiger partial charge in [0.2, 0.25) is 10.0 Å². The summed E-state index contributed by atoms with van der Waals surface area (Å²) in [7, 11) is -0.734. The molecule has 0 fully saturated rings. The Kier molecular flexibility index (Phi) is 3.78. The van der Waals surface area contributed by atoms with Gasteiger partial charge in [0.15, 0.2) is 5.82 Å². The molecule has 0 bridgehead atoms. The number of sulfonamides is 1. The standard InChI is InChI=1S/C11H12N6O2S/c1-16(8-11-13-14-15-17(11)2)20(18,19)10-6-4-3-5-9(10)7-12/h3-6H,8H2,1-2H3. The lowest BCUT2D eigenvalue weighted by molar-refractivity contribution is 0.447. The molecule has 104 valence electrons. The van der Waals surface area contributed by atoms with E-state index in [1.807, 2.05) is 6.07 Å². The molecule has 0 unspecified atom stereocenters. The predicted molar refractivity (Wildman–Crippen MR) is 68.6 cm³/mol. The fourth-order valence-corrected chi connectivity index (χ4v) is 2.88. The first-order chi connectivity index (χ1) is 9.46. The van der Waals surface area contributed by atoms with E-state index in [4.69, 9.17) is 5.26 Å². The van der Waals surface area contributed by atoms with Crippen molar-refractivity contribution in [3.05, 3.63) is 35.7 Å². The molecule has 0 aliphatic rings. The van der Waals surface area contributed by atoms with E-state index in [9.17, 15) is 8.42 Å². The minimum atomic E-state index is -3.77. The van der Waals surface area contributed by atoms with Gasteiger partial charge in [-0.3, -0.25) is 0 Å². The zero-order valence-electron chi connectivity index (χ0n) is 10.9. The van der Waals surface area contributed by atoms with Gasteiger partial charge >= 0.3 is 0 Å². The zero-order chi connectivity index (χ0) is 14.8. The lowest BCUT2D eigenvalue weighted by Crippen LogP contribution is -2.28. The molecule has 1 aromatic heterocycles. The van der Waals surface area contributed by atoms with Crippen LogP contribution < -0.4 is 0 Å². The summed E-state index contributed by atoms with van der Waals surface area (Å²) >= 11 is 0. The summed E-state index contributed by atoms with van der Waals surface area (Å²) < 4.78 is 27.4. The van der Waals surface area contributed by atoms with Crippen LogP contribution in [0, 0.1) is 11.3 Å². The molecule has 0 aliphatic carbocycles. The zero-order valence-corrected chi connectivity index (χ0v) is 11.7. The first-order valence-corrected chi connectivity index (χ1v) is 7.07. The van der Waals surface area contributed by atoms with Gasteiger partial charge in [-0.05, 0) is 22.6 Å². The Labute approximate surface area is 116 Å². The quantitative estimate of drug-likeness (QED) is 0.779. The third-order valence-electron chi connectivity index (χ3n) is 2.77. The molecule has 2 aromatic rings. The van der Waals surface area contributed by atoms with Crippen LogP contribution in [0.2, 0.25) is 0 Å². The van der Waals surface area contributed by atoms with Crippen molar-refractivity contribution in [3.8, 4) is 6.07 Å². The Hall–Kier alpha value is -2.31. The number of benzene rings is 1. The molecule has 2 rings (SSSR count). The minimum absolute atomic E-state index is 0.0194. The molecule has 0 N–H and O–H groups in total. The van der Waals surface area contributed by atoms with Gasteiger partial charge < -0.3 is 0 Å². The fourth-order valence-electron chi connectivity index (χ4n) is 1.62. The van der Waals surface area contributed by atoms with Gasteiger partial charge in [-0.1, -0.05) is 12.1 Å². The molecule has 0 aliphatic heterocycles. The van der Waals surface area contributed by atoms with Crippen molar-refractivity contribution in [2.75, 3.05) is 7.05 Å². The van der Waals surface area contributed by atoms with Gasteiger partial charge in [0, 0.05) is 14.1 Å². The van der Waals surface area contributed by atoms with Crippen molar-refractivity contribution in [3.63, 3.8) is 0 Å². The van der Waals surface area contributed by atoms with E-state index < -0.39 is 10.0 Å². The van der Waals surface area contributed by atoms with E-state index in [-0.39, 0.29) is 17.0 Å². The highest BCUT2D eigenvalue weighted by Crippen LogP contribution is 2.19. The number of hydrogen-bond donors (Lipinski definition) is 0. The minimum Gasteiger partial charge on any atom is -0.231 e. The average molecular weight is 292 g/mol. The second-order valence-electron chi connectivity index (χ2n) is 4.09. The van der Waals surface area contributed by atoms with E-state index >= 15 is 0 Å². The van der Waals surface area contributed by atoms with Crippen LogP contribution in [0.1, 0.15) is 11.4 Å². The molecule has 0 radical (unpaired) electrons. The molecule has 8 nitrogen and oxygen atoms in total. The van der Waals surface area contributed by atoms with E-state index in [1.165, 1.54) is 23.9 Å². The van der Waals surface area contributed by atoms with Crippen LogP contribution in [0.5, 0.6) is 0 Å². The van der Waals surface area contributed by atoms with Gasteiger partial charge in [-0.15, -0.1) is 5.10 Å². The third kappa shape index (κ3) is 2.52. The molecule has 0 saturated carbocycles. The van der Waals surface area contributed by atoms with E-state index in [0.29, 0.717) is 5.82 Å². The van der Waals surface area contributed by atoms with Crippen molar-refractivity contribution in [1.82, 2.24) is 24.5 Å². The molecule has 20 heavy (non-hydrogen) atoms. The van der Waals surface area contributed by atoms with Crippen LogP contribution in [0.4, 0.5) is 0 Å². The number of aromatic nitrogens is 4. The van der Waals surface area contributed by atoms with Crippen LogP contribution >= 0.6 is 0 Å². The second-order valence-corrected chi connectivity index (χ2v) is 6.10. The van der Waals surface area contributed by atoms with E-state index in [2.05, 4.69) is 15.5 Å². The summed E-state index contributed by atoms with van der Waals surface area (Å²) in [6, 6.07) is 7.93. The topological polar surface area (TPSA) is 105 Å². The molecular formula is C11H12N6O2S. The summed E-state index contributed by atoms with van der Waals surface area (Å²) in [6.07, 6.45) is 0. The fraction of sp³-hybridized carbons (Fsp3) is 0.273. The SMILES string of the molecule is CN(Cc1nnnn1C)S(=O)(=O)c1ccccc1C#N. The average Bonchev–Trinajstić information content (AvgIpc) is 2.84. The molecule has 0 spiro atoms. The number of tetrazole rings is 1. The Morgan fingerprint density at radius 2 is 2.10 bits per heavy atom. The highest BCUT2D eigenvalue weighted by molar-refractivity contribution is 7.89. The van der Waals surface area contributed by atoms with Gasteiger partial charge in [0.1, 0.15) is 6.07 Å². The largest absolute Gasteiger partial charge is 0.244 e. The maximum absolute atomic E-state index is 12.4. The first kappa shape index (κ1) is 14.1. The van der Waals surface area contributed by atoms with Crippen LogP contribution in [0.25, 0.3) is 0 Å². The maximum atomic E-state index is 12.4. The number of hydrogen-bond acceptors (Lipinski definition) is 6. The molecule has 9 heteroatoms. The Balaban J connectivity index is 2.35. The van der Waals surface area contributed by atoms with Crippen LogP contribution in [0.3, 0.4) is 0 Å². The summed E-state index contributed by atoms with van der Waals surface area (Å²) in [6.45, 7) is 0.0194. The Morgan fingerprint density at radius 3 is 2.70 bits per heavy atom. The number of nitrogens with zero attached hydrogens (tertiary/aromatic N) is 6. The van der Waals surface area contributed by atoms with Gasteiger partial charge in [-0.2, -0.15) is 9.57 Å². The van der Waals surface area contributed by atoms with Gasteiger partial charge in [0.05, 0.1) is 17.0 Å². The van der Waals surface area contributed by atoms with E-state index in [0.717, 1.165) is 4.31 Å². The van der Waals surface area contributed by atoms with Gasteiger partial charge in [-0.25, -0.2) is 13.1 Å². The molecule has 0 saturated heterocycles. The molecule has 1 heterocycles. The monoisotopic (exact) mass is 292 g/mol. The molecule has 0 atom stereocenters. The van der Waals surface area contributed by atoms with Crippen LogP contribution in [-0.4, -0.2) is 40.0 Å². The molecule has 0 amide bonds. The van der Waals surface area contributed by atoms with Crippen molar-refractivity contribution in [1.29, 1.82) is 5.26 Å².